The fourth-order valence-corrected chi connectivity index (χ4v) is 2.94. The standard InChI is InChI=1S/C17H20F3N5/c1-16(22)6-8-25(9-7-16)13-10-23-14(15(21)24-13)11-4-2-3-5-12(11)17(18,19)20/h2-5,10H,6-9,22H2,1H3,(H2,21,24). The summed E-state index contributed by atoms with van der Waals surface area (Å²) in [5.74, 6) is 0.538. The second-order valence-corrected chi connectivity index (χ2v) is 6.65. The van der Waals surface area contributed by atoms with Crippen molar-refractivity contribution in [3.63, 3.8) is 0 Å². The summed E-state index contributed by atoms with van der Waals surface area (Å²) in [6.45, 7) is 3.42. The quantitative estimate of drug-likeness (QED) is 0.869. The fourth-order valence-electron chi connectivity index (χ4n) is 2.94. The first kappa shape index (κ1) is 17.5. The van der Waals surface area contributed by atoms with Crippen LogP contribution >= 0.6 is 0 Å². The maximum absolute atomic E-state index is 13.2. The molecule has 0 unspecified atom stereocenters. The van der Waals surface area contributed by atoms with Gasteiger partial charge in [0.05, 0.1) is 11.8 Å². The molecule has 0 aliphatic carbocycles. The second-order valence-electron chi connectivity index (χ2n) is 6.65. The maximum Gasteiger partial charge on any atom is 0.417 e. The van der Waals surface area contributed by atoms with Crippen LogP contribution in [0.25, 0.3) is 11.3 Å². The smallest absolute Gasteiger partial charge is 0.382 e. The summed E-state index contributed by atoms with van der Waals surface area (Å²) in [6.07, 6.45) is -1.42. The molecule has 0 spiro atoms. The molecular weight excluding hydrogens is 331 g/mol. The first-order chi connectivity index (χ1) is 11.7. The van der Waals surface area contributed by atoms with Gasteiger partial charge in [-0.25, -0.2) is 9.97 Å². The van der Waals surface area contributed by atoms with Crippen molar-refractivity contribution in [2.75, 3.05) is 23.7 Å². The monoisotopic (exact) mass is 351 g/mol. The van der Waals surface area contributed by atoms with Gasteiger partial charge in [-0.1, -0.05) is 18.2 Å². The fraction of sp³-hybridized carbons (Fsp3) is 0.412. The van der Waals surface area contributed by atoms with E-state index >= 15 is 0 Å². The van der Waals surface area contributed by atoms with E-state index in [1.54, 1.807) is 0 Å². The Morgan fingerprint density at radius 1 is 1.16 bits per heavy atom. The van der Waals surface area contributed by atoms with Gasteiger partial charge in [-0.05, 0) is 25.8 Å². The Morgan fingerprint density at radius 2 is 1.80 bits per heavy atom. The van der Waals surface area contributed by atoms with Crippen molar-refractivity contribution in [2.45, 2.75) is 31.5 Å². The predicted octanol–water partition coefficient (Wildman–Crippen LogP) is 3.06. The molecule has 0 saturated carbocycles. The highest BCUT2D eigenvalue weighted by molar-refractivity contribution is 5.74. The minimum Gasteiger partial charge on any atom is -0.382 e. The third-order valence-corrected chi connectivity index (χ3v) is 4.50. The molecule has 2 aromatic rings. The summed E-state index contributed by atoms with van der Waals surface area (Å²) < 4.78 is 39.6. The van der Waals surface area contributed by atoms with Gasteiger partial charge in [0.25, 0.3) is 0 Å². The van der Waals surface area contributed by atoms with E-state index in [2.05, 4.69) is 9.97 Å². The Balaban J connectivity index is 1.92. The number of anilines is 2. The van der Waals surface area contributed by atoms with Gasteiger partial charge in [-0.15, -0.1) is 0 Å². The Morgan fingerprint density at radius 3 is 2.40 bits per heavy atom. The minimum absolute atomic E-state index is 0.0183. The molecular formula is C17H20F3N5. The van der Waals surface area contributed by atoms with Crippen LogP contribution in [0.3, 0.4) is 0 Å². The van der Waals surface area contributed by atoms with Crippen molar-refractivity contribution in [3.8, 4) is 11.3 Å². The number of benzene rings is 1. The molecule has 134 valence electrons. The summed E-state index contributed by atoms with van der Waals surface area (Å²) in [5, 5.41) is 0. The zero-order valence-electron chi connectivity index (χ0n) is 13.8. The van der Waals surface area contributed by atoms with E-state index in [0.29, 0.717) is 18.9 Å². The number of halogens is 3. The van der Waals surface area contributed by atoms with Gasteiger partial charge in [-0.3, -0.25) is 0 Å². The molecule has 8 heteroatoms. The lowest BCUT2D eigenvalue weighted by Gasteiger charge is -2.37. The molecule has 1 aliphatic rings. The molecule has 3 rings (SSSR count). The van der Waals surface area contributed by atoms with E-state index < -0.39 is 11.7 Å². The number of nitrogen functional groups attached to an aromatic ring is 1. The third kappa shape index (κ3) is 3.68. The van der Waals surface area contributed by atoms with Crippen LogP contribution in [-0.2, 0) is 6.18 Å². The number of piperidine rings is 1. The van der Waals surface area contributed by atoms with Crippen molar-refractivity contribution in [2.24, 2.45) is 5.73 Å². The topological polar surface area (TPSA) is 81.1 Å². The van der Waals surface area contributed by atoms with Gasteiger partial charge in [-0.2, -0.15) is 13.2 Å². The number of nitrogens with zero attached hydrogens (tertiary/aromatic N) is 3. The van der Waals surface area contributed by atoms with E-state index in [1.165, 1.54) is 24.4 Å². The van der Waals surface area contributed by atoms with Crippen molar-refractivity contribution in [3.05, 3.63) is 36.0 Å². The summed E-state index contributed by atoms with van der Waals surface area (Å²) in [6, 6.07) is 5.22. The highest BCUT2D eigenvalue weighted by atomic mass is 19.4. The molecule has 1 aromatic heterocycles. The van der Waals surface area contributed by atoms with Crippen LogP contribution in [0.1, 0.15) is 25.3 Å². The lowest BCUT2D eigenvalue weighted by atomic mass is 9.91. The van der Waals surface area contributed by atoms with Crippen molar-refractivity contribution >= 4 is 11.6 Å². The van der Waals surface area contributed by atoms with Crippen molar-refractivity contribution in [1.29, 1.82) is 0 Å². The average molecular weight is 351 g/mol. The molecule has 0 amide bonds. The van der Waals surface area contributed by atoms with Gasteiger partial charge in [0, 0.05) is 24.2 Å². The van der Waals surface area contributed by atoms with Gasteiger partial charge in [0.1, 0.15) is 11.5 Å². The van der Waals surface area contributed by atoms with Crippen LogP contribution in [0.5, 0.6) is 0 Å². The number of nitrogens with two attached hydrogens (primary N) is 2. The maximum atomic E-state index is 13.2. The van der Waals surface area contributed by atoms with E-state index in [9.17, 15) is 13.2 Å². The minimum atomic E-state index is -4.48. The lowest BCUT2D eigenvalue weighted by Crippen LogP contribution is -2.48. The molecule has 0 radical (unpaired) electrons. The van der Waals surface area contributed by atoms with Gasteiger partial charge < -0.3 is 16.4 Å². The van der Waals surface area contributed by atoms with E-state index in [1.807, 2.05) is 11.8 Å². The SMILES string of the molecule is CC1(N)CCN(c2cnc(-c3ccccc3C(F)(F)F)c(N)n2)CC1. The van der Waals surface area contributed by atoms with Crippen LogP contribution in [0.4, 0.5) is 24.8 Å². The van der Waals surface area contributed by atoms with Crippen LogP contribution in [0.15, 0.2) is 30.5 Å². The number of rotatable bonds is 2. The summed E-state index contributed by atoms with van der Waals surface area (Å²) in [5.41, 5.74) is 11.0. The molecule has 25 heavy (non-hydrogen) atoms. The average Bonchev–Trinajstić information content (AvgIpc) is 2.54. The molecule has 5 nitrogen and oxygen atoms in total. The Bertz CT molecular complexity index is 763. The summed E-state index contributed by atoms with van der Waals surface area (Å²) >= 11 is 0. The number of hydrogen-bond acceptors (Lipinski definition) is 5. The zero-order valence-corrected chi connectivity index (χ0v) is 13.8. The Hall–Kier alpha value is -2.35. The van der Waals surface area contributed by atoms with Gasteiger partial charge in [0.2, 0.25) is 0 Å². The van der Waals surface area contributed by atoms with Crippen molar-refractivity contribution < 1.29 is 13.2 Å². The molecule has 1 saturated heterocycles. The van der Waals surface area contributed by atoms with Gasteiger partial charge >= 0.3 is 6.18 Å². The first-order valence-corrected chi connectivity index (χ1v) is 8.00. The molecule has 1 aromatic carbocycles. The zero-order chi connectivity index (χ0) is 18.2. The summed E-state index contributed by atoms with van der Waals surface area (Å²) in [4.78, 5) is 10.4. The van der Waals surface area contributed by atoms with E-state index in [4.69, 9.17) is 11.5 Å². The largest absolute Gasteiger partial charge is 0.417 e. The summed E-state index contributed by atoms with van der Waals surface area (Å²) in [7, 11) is 0. The molecule has 0 atom stereocenters. The Labute approximate surface area is 143 Å². The van der Waals surface area contributed by atoms with E-state index in [0.717, 1.165) is 18.9 Å². The van der Waals surface area contributed by atoms with Crippen LogP contribution in [0.2, 0.25) is 0 Å². The molecule has 1 aliphatic heterocycles. The van der Waals surface area contributed by atoms with Crippen LogP contribution in [-0.4, -0.2) is 28.6 Å². The van der Waals surface area contributed by atoms with Crippen LogP contribution < -0.4 is 16.4 Å². The molecule has 0 bridgehead atoms. The lowest BCUT2D eigenvalue weighted by molar-refractivity contribution is -0.137. The second kappa shape index (κ2) is 6.18. The normalized spacial score (nSPS) is 17.6. The highest BCUT2D eigenvalue weighted by Gasteiger charge is 2.34. The molecule has 1 fully saturated rings. The molecule has 2 heterocycles. The predicted molar refractivity (Wildman–Crippen MR) is 90.9 cm³/mol. The molecule has 4 N–H and O–H groups in total. The number of aromatic nitrogens is 2. The first-order valence-electron chi connectivity index (χ1n) is 8.00. The van der Waals surface area contributed by atoms with Gasteiger partial charge in [0.15, 0.2) is 5.82 Å². The number of hydrogen-bond donors (Lipinski definition) is 2. The highest BCUT2D eigenvalue weighted by Crippen LogP contribution is 2.38. The van der Waals surface area contributed by atoms with Crippen molar-refractivity contribution in [1.82, 2.24) is 9.97 Å². The van der Waals surface area contributed by atoms with E-state index in [-0.39, 0.29) is 22.6 Å². The van der Waals surface area contributed by atoms with Crippen LogP contribution in [0, 0.1) is 0 Å². The third-order valence-electron chi connectivity index (χ3n) is 4.50. The number of alkyl halides is 3. The Kier molecular flexibility index (Phi) is 4.32.